The second-order valence-electron chi connectivity index (χ2n) is 4.80. The number of anilines is 1. The van der Waals surface area contributed by atoms with Crippen LogP contribution in [0.4, 0.5) is 5.69 Å². The van der Waals surface area contributed by atoms with E-state index in [0.29, 0.717) is 11.3 Å². The SMILES string of the molecule is Cc1ccc(NC(=O)COC(=O)c2ccc(C)nc2)c(Br)c1. The summed E-state index contributed by atoms with van der Waals surface area (Å²) in [7, 11) is 0. The van der Waals surface area contributed by atoms with Gasteiger partial charge in [-0.25, -0.2) is 4.79 Å². The normalized spacial score (nSPS) is 10.1. The van der Waals surface area contributed by atoms with E-state index < -0.39 is 11.9 Å². The van der Waals surface area contributed by atoms with Crippen LogP contribution in [-0.4, -0.2) is 23.5 Å². The molecular weight excluding hydrogens is 348 g/mol. The fraction of sp³-hybridized carbons (Fsp3) is 0.188. The van der Waals surface area contributed by atoms with Crippen molar-refractivity contribution in [2.75, 3.05) is 11.9 Å². The van der Waals surface area contributed by atoms with Gasteiger partial charge in [0.25, 0.3) is 5.91 Å². The highest BCUT2D eigenvalue weighted by molar-refractivity contribution is 9.10. The average molecular weight is 363 g/mol. The maximum absolute atomic E-state index is 11.8. The van der Waals surface area contributed by atoms with Gasteiger partial charge in [0.15, 0.2) is 6.61 Å². The van der Waals surface area contributed by atoms with Gasteiger partial charge in [-0.2, -0.15) is 0 Å². The number of halogens is 1. The topological polar surface area (TPSA) is 68.3 Å². The number of aryl methyl sites for hydroxylation is 2. The number of nitrogens with zero attached hydrogens (tertiary/aromatic N) is 1. The van der Waals surface area contributed by atoms with Crippen LogP contribution in [-0.2, 0) is 9.53 Å². The van der Waals surface area contributed by atoms with Gasteiger partial charge in [0.2, 0.25) is 0 Å². The second kappa shape index (κ2) is 7.17. The van der Waals surface area contributed by atoms with Crippen molar-refractivity contribution in [1.29, 1.82) is 0 Å². The Balaban J connectivity index is 1.89. The van der Waals surface area contributed by atoms with E-state index in [9.17, 15) is 9.59 Å². The van der Waals surface area contributed by atoms with Crippen LogP contribution in [0.2, 0.25) is 0 Å². The summed E-state index contributed by atoms with van der Waals surface area (Å²) in [5.74, 6) is -0.983. The first-order chi connectivity index (χ1) is 10.5. The zero-order valence-electron chi connectivity index (χ0n) is 12.2. The molecular formula is C16H15BrN2O3. The smallest absolute Gasteiger partial charge is 0.340 e. The molecule has 0 saturated carbocycles. The molecule has 0 fully saturated rings. The average Bonchev–Trinajstić information content (AvgIpc) is 2.48. The van der Waals surface area contributed by atoms with Gasteiger partial charge in [-0.3, -0.25) is 9.78 Å². The summed E-state index contributed by atoms with van der Waals surface area (Å²) in [6.45, 7) is 3.42. The third kappa shape index (κ3) is 4.39. The maximum Gasteiger partial charge on any atom is 0.340 e. The number of amides is 1. The van der Waals surface area contributed by atoms with E-state index in [4.69, 9.17) is 4.74 Å². The Bertz CT molecular complexity index is 699. The first kappa shape index (κ1) is 16.2. The Hall–Kier alpha value is -2.21. The Kier molecular flexibility index (Phi) is 5.27. The molecule has 0 atom stereocenters. The number of pyridine rings is 1. The standard InChI is InChI=1S/C16H15BrN2O3/c1-10-3-6-14(13(17)7-10)19-15(20)9-22-16(21)12-5-4-11(2)18-8-12/h3-8H,9H2,1-2H3,(H,19,20). The van der Waals surface area contributed by atoms with E-state index in [-0.39, 0.29) is 6.61 Å². The summed E-state index contributed by atoms with van der Waals surface area (Å²) < 4.78 is 5.73. The summed E-state index contributed by atoms with van der Waals surface area (Å²) in [6, 6.07) is 8.87. The van der Waals surface area contributed by atoms with E-state index in [0.717, 1.165) is 15.7 Å². The van der Waals surface area contributed by atoms with Gasteiger partial charge in [0, 0.05) is 16.4 Å². The Morgan fingerprint density at radius 1 is 1.23 bits per heavy atom. The van der Waals surface area contributed by atoms with Gasteiger partial charge in [-0.1, -0.05) is 6.07 Å². The third-order valence-electron chi connectivity index (χ3n) is 2.88. The Morgan fingerprint density at radius 2 is 2.00 bits per heavy atom. The van der Waals surface area contributed by atoms with Crippen LogP contribution in [0, 0.1) is 13.8 Å². The lowest BCUT2D eigenvalue weighted by atomic mass is 10.2. The van der Waals surface area contributed by atoms with E-state index in [2.05, 4.69) is 26.2 Å². The first-order valence-corrected chi connectivity index (χ1v) is 7.41. The lowest BCUT2D eigenvalue weighted by molar-refractivity contribution is -0.119. The van der Waals surface area contributed by atoms with Crippen molar-refractivity contribution < 1.29 is 14.3 Å². The predicted molar refractivity (Wildman–Crippen MR) is 86.8 cm³/mol. The minimum Gasteiger partial charge on any atom is -0.452 e. The number of rotatable bonds is 4. The Labute approximate surface area is 136 Å². The molecule has 0 aliphatic carbocycles. The lowest BCUT2D eigenvalue weighted by Gasteiger charge is -2.09. The van der Waals surface area contributed by atoms with Crippen LogP contribution in [0.25, 0.3) is 0 Å². The van der Waals surface area contributed by atoms with Crippen LogP contribution in [0.5, 0.6) is 0 Å². The van der Waals surface area contributed by atoms with Crippen LogP contribution in [0.15, 0.2) is 41.0 Å². The molecule has 0 radical (unpaired) electrons. The van der Waals surface area contributed by atoms with Gasteiger partial charge < -0.3 is 10.1 Å². The molecule has 2 aromatic rings. The number of ether oxygens (including phenoxy) is 1. The summed E-state index contributed by atoms with van der Waals surface area (Å²) in [5, 5.41) is 2.67. The zero-order chi connectivity index (χ0) is 16.1. The molecule has 0 aliphatic rings. The molecule has 0 aliphatic heterocycles. The van der Waals surface area contributed by atoms with Gasteiger partial charge >= 0.3 is 5.97 Å². The van der Waals surface area contributed by atoms with E-state index in [1.54, 1.807) is 18.2 Å². The molecule has 0 unspecified atom stereocenters. The molecule has 0 bridgehead atoms. The Morgan fingerprint density at radius 3 is 2.64 bits per heavy atom. The van der Waals surface area contributed by atoms with E-state index in [1.807, 2.05) is 26.0 Å². The molecule has 0 saturated heterocycles. The number of carbonyl (C=O) groups excluding carboxylic acids is 2. The van der Waals surface area contributed by atoms with Crippen molar-refractivity contribution in [2.24, 2.45) is 0 Å². The minimum atomic E-state index is -0.578. The first-order valence-electron chi connectivity index (χ1n) is 6.61. The molecule has 6 heteroatoms. The number of nitrogens with one attached hydrogen (secondary N) is 1. The van der Waals surface area contributed by atoms with Gasteiger partial charge in [0.05, 0.1) is 11.3 Å². The van der Waals surface area contributed by atoms with Crippen molar-refractivity contribution in [3.63, 3.8) is 0 Å². The molecule has 1 aromatic carbocycles. The van der Waals surface area contributed by atoms with Crippen LogP contribution >= 0.6 is 15.9 Å². The van der Waals surface area contributed by atoms with Crippen molar-refractivity contribution in [1.82, 2.24) is 4.98 Å². The summed E-state index contributed by atoms with van der Waals surface area (Å²) in [5.41, 5.74) is 2.82. The molecule has 1 heterocycles. The zero-order valence-corrected chi connectivity index (χ0v) is 13.8. The van der Waals surface area contributed by atoms with Crippen molar-refractivity contribution in [2.45, 2.75) is 13.8 Å². The number of hydrogen-bond acceptors (Lipinski definition) is 4. The van der Waals surface area contributed by atoms with Crippen molar-refractivity contribution in [3.05, 3.63) is 57.8 Å². The van der Waals surface area contributed by atoms with Gasteiger partial charge in [-0.05, 0) is 59.6 Å². The molecule has 22 heavy (non-hydrogen) atoms. The highest BCUT2D eigenvalue weighted by Crippen LogP contribution is 2.23. The monoisotopic (exact) mass is 362 g/mol. The number of carbonyl (C=O) groups is 2. The van der Waals surface area contributed by atoms with Crippen LogP contribution in [0.1, 0.15) is 21.6 Å². The number of esters is 1. The number of hydrogen-bond donors (Lipinski definition) is 1. The highest BCUT2D eigenvalue weighted by Gasteiger charge is 2.11. The summed E-state index contributed by atoms with van der Waals surface area (Å²) in [4.78, 5) is 27.6. The van der Waals surface area contributed by atoms with Gasteiger partial charge in [-0.15, -0.1) is 0 Å². The maximum atomic E-state index is 11.8. The second-order valence-corrected chi connectivity index (χ2v) is 5.65. The van der Waals surface area contributed by atoms with Crippen LogP contribution in [0.3, 0.4) is 0 Å². The molecule has 1 amide bonds. The largest absolute Gasteiger partial charge is 0.452 e. The fourth-order valence-corrected chi connectivity index (χ4v) is 2.30. The fourth-order valence-electron chi connectivity index (χ4n) is 1.71. The lowest BCUT2D eigenvalue weighted by Crippen LogP contribution is -2.21. The van der Waals surface area contributed by atoms with Crippen LogP contribution < -0.4 is 5.32 Å². The molecule has 1 N–H and O–H groups in total. The van der Waals surface area contributed by atoms with Gasteiger partial charge in [0.1, 0.15) is 0 Å². The number of aromatic nitrogens is 1. The molecule has 0 spiro atoms. The number of benzene rings is 1. The molecule has 1 aromatic heterocycles. The quantitative estimate of drug-likeness (QED) is 0.847. The summed E-state index contributed by atoms with van der Waals surface area (Å²) >= 11 is 3.37. The van der Waals surface area contributed by atoms with E-state index in [1.165, 1.54) is 6.20 Å². The van der Waals surface area contributed by atoms with Crippen molar-refractivity contribution in [3.8, 4) is 0 Å². The van der Waals surface area contributed by atoms with E-state index >= 15 is 0 Å². The minimum absolute atomic E-state index is 0.315. The van der Waals surface area contributed by atoms with Crippen molar-refractivity contribution >= 4 is 33.5 Å². The third-order valence-corrected chi connectivity index (χ3v) is 3.54. The molecule has 5 nitrogen and oxygen atoms in total. The molecule has 2 rings (SSSR count). The highest BCUT2D eigenvalue weighted by atomic mass is 79.9. The molecule has 114 valence electrons. The predicted octanol–water partition coefficient (Wildman–Crippen LogP) is 3.26. The summed E-state index contributed by atoms with van der Waals surface area (Å²) in [6.07, 6.45) is 1.42.